The number of nitrogens with zero attached hydrogens (tertiary/aromatic N) is 1. The highest BCUT2D eigenvalue weighted by Crippen LogP contribution is 2.22. The lowest BCUT2D eigenvalue weighted by Crippen LogP contribution is -2.30. The molecule has 2 N–H and O–H groups in total. The van der Waals surface area contributed by atoms with Crippen LogP contribution >= 0.6 is 11.3 Å². The molecule has 6 nitrogen and oxygen atoms in total. The molecule has 0 radical (unpaired) electrons. The van der Waals surface area contributed by atoms with Gasteiger partial charge in [0.1, 0.15) is 0 Å². The number of hydrogen-bond donors (Lipinski definition) is 2. The van der Waals surface area contributed by atoms with E-state index in [1.165, 1.54) is 11.3 Å². The van der Waals surface area contributed by atoms with E-state index in [0.29, 0.717) is 24.0 Å². The summed E-state index contributed by atoms with van der Waals surface area (Å²) in [5.74, 6) is -0.521. The summed E-state index contributed by atoms with van der Waals surface area (Å²) >= 11 is 1.33. The quantitative estimate of drug-likeness (QED) is 0.743. The van der Waals surface area contributed by atoms with Crippen LogP contribution in [0.2, 0.25) is 0 Å². The molecule has 1 amide bonds. The molecule has 0 spiro atoms. The fourth-order valence-electron chi connectivity index (χ4n) is 1.34. The molecule has 1 rings (SSSR count). The third-order valence-corrected chi connectivity index (χ3v) is 3.17. The van der Waals surface area contributed by atoms with Crippen molar-refractivity contribution < 1.29 is 14.3 Å². The van der Waals surface area contributed by atoms with Gasteiger partial charge in [-0.1, -0.05) is 6.92 Å². The third kappa shape index (κ3) is 4.86. The molecule has 0 aromatic carbocycles. The van der Waals surface area contributed by atoms with Gasteiger partial charge in [0.25, 0.3) is 0 Å². The van der Waals surface area contributed by atoms with E-state index in [4.69, 9.17) is 4.74 Å². The number of rotatable bonds is 7. The highest BCUT2D eigenvalue weighted by atomic mass is 32.1. The molecular weight excluding hydrogens is 266 g/mol. The van der Waals surface area contributed by atoms with Crippen LogP contribution in [-0.2, 0) is 9.53 Å². The SMILES string of the molecule is CCCNC(=O)CNc1nc(C(=O)OCC)c(C)s1. The number of aromatic nitrogens is 1. The van der Waals surface area contributed by atoms with Gasteiger partial charge >= 0.3 is 5.97 Å². The van der Waals surface area contributed by atoms with Crippen molar-refractivity contribution in [3.63, 3.8) is 0 Å². The van der Waals surface area contributed by atoms with Crippen molar-refractivity contribution in [3.8, 4) is 0 Å². The number of esters is 1. The molecule has 0 saturated carbocycles. The highest BCUT2D eigenvalue weighted by Gasteiger charge is 2.16. The molecule has 106 valence electrons. The van der Waals surface area contributed by atoms with E-state index >= 15 is 0 Å². The van der Waals surface area contributed by atoms with Crippen LogP contribution in [0.4, 0.5) is 5.13 Å². The molecule has 19 heavy (non-hydrogen) atoms. The van der Waals surface area contributed by atoms with Crippen LogP contribution < -0.4 is 10.6 Å². The maximum atomic E-state index is 11.6. The monoisotopic (exact) mass is 285 g/mol. The zero-order valence-corrected chi connectivity index (χ0v) is 12.2. The number of amides is 1. The summed E-state index contributed by atoms with van der Waals surface area (Å²) in [5, 5.41) is 6.20. The summed E-state index contributed by atoms with van der Waals surface area (Å²) in [4.78, 5) is 27.9. The molecule has 7 heteroatoms. The van der Waals surface area contributed by atoms with Gasteiger partial charge in [-0.15, -0.1) is 11.3 Å². The molecule has 1 aromatic heterocycles. The van der Waals surface area contributed by atoms with Crippen molar-refractivity contribution in [2.24, 2.45) is 0 Å². The molecule has 1 heterocycles. The van der Waals surface area contributed by atoms with Gasteiger partial charge in [-0.25, -0.2) is 9.78 Å². The Balaban J connectivity index is 2.54. The minimum atomic E-state index is -0.431. The van der Waals surface area contributed by atoms with Gasteiger partial charge in [-0.3, -0.25) is 4.79 Å². The van der Waals surface area contributed by atoms with Gasteiger partial charge in [0.2, 0.25) is 5.91 Å². The first-order valence-corrected chi connectivity index (χ1v) is 7.05. The average molecular weight is 285 g/mol. The Kier molecular flexibility index (Phi) is 6.27. The van der Waals surface area contributed by atoms with Crippen molar-refractivity contribution in [1.82, 2.24) is 10.3 Å². The number of thiazole rings is 1. The van der Waals surface area contributed by atoms with E-state index in [-0.39, 0.29) is 12.5 Å². The van der Waals surface area contributed by atoms with Crippen LogP contribution in [0.5, 0.6) is 0 Å². The van der Waals surface area contributed by atoms with Gasteiger partial charge in [-0.2, -0.15) is 0 Å². The van der Waals surface area contributed by atoms with Crippen molar-refractivity contribution in [1.29, 1.82) is 0 Å². The largest absolute Gasteiger partial charge is 0.461 e. The Morgan fingerprint density at radius 3 is 2.74 bits per heavy atom. The number of carbonyl (C=O) groups excluding carboxylic acids is 2. The lowest BCUT2D eigenvalue weighted by molar-refractivity contribution is -0.119. The molecule has 1 aromatic rings. The van der Waals surface area contributed by atoms with Crippen LogP contribution in [0.15, 0.2) is 0 Å². The Labute approximate surface area is 116 Å². The fraction of sp³-hybridized carbons (Fsp3) is 0.583. The standard InChI is InChI=1S/C12H19N3O3S/c1-4-6-13-9(16)7-14-12-15-10(8(3)19-12)11(17)18-5-2/h4-7H2,1-3H3,(H,13,16)(H,14,15). The van der Waals surface area contributed by atoms with Crippen LogP contribution in [0.25, 0.3) is 0 Å². The second-order valence-corrected chi connectivity index (χ2v) is 5.05. The van der Waals surface area contributed by atoms with E-state index in [1.54, 1.807) is 13.8 Å². The average Bonchev–Trinajstić information content (AvgIpc) is 2.75. The van der Waals surface area contributed by atoms with Gasteiger partial charge in [0.15, 0.2) is 10.8 Å². The van der Waals surface area contributed by atoms with E-state index in [2.05, 4.69) is 15.6 Å². The minimum Gasteiger partial charge on any atom is -0.461 e. The first-order chi connectivity index (χ1) is 9.08. The van der Waals surface area contributed by atoms with E-state index in [0.717, 1.165) is 11.3 Å². The minimum absolute atomic E-state index is 0.0904. The molecule has 0 atom stereocenters. The number of aryl methyl sites for hydroxylation is 1. The summed E-state index contributed by atoms with van der Waals surface area (Å²) in [6, 6.07) is 0. The first kappa shape index (κ1) is 15.4. The number of anilines is 1. The van der Waals surface area contributed by atoms with E-state index < -0.39 is 5.97 Å². The van der Waals surface area contributed by atoms with Crippen LogP contribution in [-0.4, -0.2) is 36.6 Å². The maximum absolute atomic E-state index is 11.6. The lowest BCUT2D eigenvalue weighted by Gasteiger charge is -2.03. The van der Waals surface area contributed by atoms with Crippen LogP contribution in [0, 0.1) is 6.92 Å². The van der Waals surface area contributed by atoms with Crippen molar-refractivity contribution in [2.45, 2.75) is 27.2 Å². The number of hydrogen-bond acceptors (Lipinski definition) is 6. The molecule has 0 aliphatic carbocycles. The molecule has 0 aliphatic heterocycles. The van der Waals surface area contributed by atoms with E-state index in [9.17, 15) is 9.59 Å². The summed E-state index contributed by atoms with van der Waals surface area (Å²) in [6.45, 7) is 6.66. The number of nitrogens with one attached hydrogen (secondary N) is 2. The summed E-state index contributed by atoms with van der Waals surface area (Å²) < 4.78 is 4.90. The Morgan fingerprint density at radius 1 is 1.37 bits per heavy atom. The van der Waals surface area contributed by atoms with Gasteiger partial charge in [-0.05, 0) is 20.3 Å². The number of carbonyl (C=O) groups is 2. The molecule has 0 saturated heterocycles. The van der Waals surface area contributed by atoms with E-state index in [1.807, 2.05) is 6.92 Å². The molecule has 0 fully saturated rings. The van der Waals surface area contributed by atoms with Crippen LogP contribution in [0.1, 0.15) is 35.6 Å². The zero-order valence-electron chi connectivity index (χ0n) is 11.4. The molecule has 0 unspecified atom stereocenters. The van der Waals surface area contributed by atoms with Gasteiger partial charge in [0.05, 0.1) is 13.2 Å². The third-order valence-electron chi connectivity index (χ3n) is 2.24. The second-order valence-electron chi connectivity index (χ2n) is 3.85. The maximum Gasteiger partial charge on any atom is 0.358 e. The van der Waals surface area contributed by atoms with Gasteiger partial charge in [0, 0.05) is 11.4 Å². The Hall–Kier alpha value is -1.63. The van der Waals surface area contributed by atoms with Crippen molar-refractivity contribution >= 4 is 28.3 Å². The second kappa shape index (κ2) is 7.73. The van der Waals surface area contributed by atoms with Gasteiger partial charge < -0.3 is 15.4 Å². The first-order valence-electron chi connectivity index (χ1n) is 6.23. The predicted octanol–water partition coefficient (Wildman–Crippen LogP) is 1.57. The smallest absolute Gasteiger partial charge is 0.358 e. The fourth-order valence-corrected chi connectivity index (χ4v) is 2.14. The van der Waals surface area contributed by atoms with Crippen molar-refractivity contribution in [2.75, 3.05) is 25.0 Å². The molecular formula is C12H19N3O3S. The summed E-state index contributed by atoms with van der Waals surface area (Å²) in [6.07, 6.45) is 0.898. The predicted molar refractivity (Wildman–Crippen MR) is 74.6 cm³/mol. The number of ether oxygens (including phenoxy) is 1. The van der Waals surface area contributed by atoms with Crippen LogP contribution in [0.3, 0.4) is 0 Å². The summed E-state index contributed by atoms with van der Waals surface area (Å²) in [5.41, 5.74) is 0.309. The Bertz CT molecular complexity index is 445. The normalized spacial score (nSPS) is 10.1. The Morgan fingerprint density at radius 2 is 2.11 bits per heavy atom. The summed E-state index contributed by atoms with van der Waals surface area (Å²) in [7, 11) is 0. The van der Waals surface area contributed by atoms with Crippen molar-refractivity contribution in [3.05, 3.63) is 10.6 Å². The topological polar surface area (TPSA) is 80.3 Å². The zero-order chi connectivity index (χ0) is 14.3. The molecule has 0 bridgehead atoms. The lowest BCUT2D eigenvalue weighted by atomic mass is 10.4. The highest BCUT2D eigenvalue weighted by molar-refractivity contribution is 7.15. The molecule has 0 aliphatic rings.